The summed E-state index contributed by atoms with van der Waals surface area (Å²) in [5.41, 5.74) is 0.696. The van der Waals surface area contributed by atoms with Crippen molar-refractivity contribution in [3.63, 3.8) is 0 Å². The van der Waals surface area contributed by atoms with Crippen LogP contribution < -0.4 is 10.1 Å². The van der Waals surface area contributed by atoms with Crippen LogP contribution in [-0.4, -0.2) is 44.6 Å². The minimum absolute atomic E-state index is 0.0374. The first-order valence-electron chi connectivity index (χ1n) is 6.82. The van der Waals surface area contributed by atoms with Crippen LogP contribution in [0.1, 0.15) is 30.1 Å². The van der Waals surface area contributed by atoms with Gasteiger partial charge in [-0.1, -0.05) is 13.3 Å². The molecule has 0 spiro atoms. The van der Waals surface area contributed by atoms with Crippen molar-refractivity contribution in [2.24, 2.45) is 0 Å². The van der Waals surface area contributed by atoms with E-state index in [1.165, 1.54) is 0 Å². The van der Waals surface area contributed by atoms with Crippen molar-refractivity contribution in [1.82, 2.24) is 10.2 Å². The van der Waals surface area contributed by atoms with Gasteiger partial charge in [0.15, 0.2) is 0 Å². The highest BCUT2D eigenvalue weighted by molar-refractivity contribution is 5.94. The summed E-state index contributed by atoms with van der Waals surface area (Å²) in [5.74, 6) is 0.859. The van der Waals surface area contributed by atoms with Gasteiger partial charge in [-0.05, 0) is 37.7 Å². The number of rotatable bonds is 8. The molecule has 0 fully saturated rings. The van der Waals surface area contributed by atoms with E-state index in [-0.39, 0.29) is 5.91 Å². The summed E-state index contributed by atoms with van der Waals surface area (Å²) in [6.07, 6.45) is 2.17. The Kier molecular flexibility index (Phi) is 6.97. The number of hydrogen-bond acceptors (Lipinski definition) is 3. The molecule has 1 N–H and O–H groups in total. The first-order valence-corrected chi connectivity index (χ1v) is 6.82. The number of amides is 1. The van der Waals surface area contributed by atoms with Crippen molar-refractivity contribution >= 4 is 5.91 Å². The zero-order valence-corrected chi connectivity index (χ0v) is 12.1. The van der Waals surface area contributed by atoms with Crippen molar-refractivity contribution in [1.29, 1.82) is 0 Å². The van der Waals surface area contributed by atoms with Gasteiger partial charge in [-0.2, -0.15) is 0 Å². The third-order valence-corrected chi connectivity index (χ3v) is 2.91. The second kappa shape index (κ2) is 8.53. The van der Waals surface area contributed by atoms with Crippen LogP contribution in [0.2, 0.25) is 0 Å². The van der Waals surface area contributed by atoms with E-state index in [1.54, 1.807) is 4.90 Å². The lowest BCUT2D eigenvalue weighted by Gasteiger charge is -2.17. The van der Waals surface area contributed by atoms with E-state index in [0.29, 0.717) is 12.1 Å². The van der Waals surface area contributed by atoms with Gasteiger partial charge >= 0.3 is 0 Å². The Morgan fingerprint density at radius 2 is 2.00 bits per heavy atom. The molecular formula is C15H24N2O2. The van der Waals surface area contributed by atoms with Crippen LogP contribution in [0.25, 0.3) is 0 Å². The molecule has 0 unspecified atom stereocenters. The smallest absolute Gasteiger partial charge is 0.253 e. The van der Waals surface area contributed by atoms with Crippen LogP contribution in [-0.2, 0) is 0 Å². The molecular weight excluding hydrogens is 240 g/mol. The van der Waals surface area contributed by atoms with Crippen LogP contribution in [0.15, 0.2) is 24.3 Å². The zero-order chi connectivity index (χ0) is 14.1. The van der Waals surface area contributed by atoms with E-state index in [0.717, 1.165) is 31.7 Å². The summed E-state index contributed by atoms with van der Waals surface area (Å²) in [6, 6.07) is 7.35. The average Bonchev–Trinajstić information content (AvgIpc) is 2.45. The second-order valence-corrected chi connectivity index (χ2v) is 4.56. The van der Waals surface area contributed by atoms with Gasteiger partial charge in [0.1, 0.15) is 5.75 Å². The summed E-state index contributed by atoms with van der Waals surface area (Å²) in [7, 11) is 3.69. The largest absolute Gasteiger partial charge is 0.494 e. The minimum Gasteiger partial charge on any atom is -0.494 e. The van der Waals surface area contributed by atoms with Gasteiger partial charge in [0.2, 0.25) is 0 Å². The maximum Gasteiger partial charge on any atom is 0.253 e. The molecule has 0 aliphatic heterocycles. The van der Waals surface area contributed by atoms with E-state index in [9.17, 15) is 4.79 Å². The summed E-state index contributed by atoms with van der Waals surface area (Å²) in [5, 5.41) is 3.03. The number of unbranched alkanes of at least 4 members (excludes halogenated alkanes) is 1. The van der Waals surface area contributed by atoms with E-state index < -0.39 is 0 Å². The SMILES string of the molecule is CCCCOc1ccc(C(=O)N(C)CCNC)cc1. The molecule has 0 saturated carbocycles. The molecule has 0 saturated heterocycles. The van der Waals surface area contributed by atoms with Crippen molar-refractivity contribution in [3.05, 3.63) is 29.8 Å². The molecule has 1 aromatic carbocycles. The van der Waals surface area contributed by atoms with Gasteiger partial charge in [-0.3, -0.25) is 4.79 Å². The number of ether oxygens (including phenoxy) is 1. The maximum absolute atomic E-state index is 12.1. The molecule has 0 heterocycles. The molecule has 0 aromatic heterocycles. The fraction of sp³-hybridized carbons (Fsp3) is 0.533. The third-order valence-electron chi connectivity index (χ3n) is 2.91. The Morgan fingerprint density at radius 3 is 2.58 bits per heavy atom. The third kappa shape index (κ3) is 5.30. The molecule has 0 bridgehead atoms. The van der Waals surface area contributed by atoms with Crippen LogP contribution in [0, 0.1) is 0 Å². The Hall–Kier alpha value is -1.55. The Bertz CT molecular complexity index is 376. The highest BCUT2D eigenvalue weighted by atomic mass is 16.5. The highest BCUT2D eigenvalue weighted by Crippen LogP contribution is 2.13. The van der Waals surface area contributed by atoms with Gasteiger partial charge in [-0.25, -0.2) is 0 Å². The normalized spacial score (nSPS) is 10.3. The Morgan fingerprint density at radius 1 is 1.32 bits per heavy atom. The van der Waals surface area contributed by atoms with Crippen molar-refractivity contribution in [3.8, 4) is 5.75 Å². The predicted octanol–water partition coefficient (Wildman–Crippen LogP) is 2.16. The number of hydrogen-bond donors (Lipinski definition) is 1. The van der Waals surface area contributed by atoms with Gasteiger partial charge < -0.3 is 15.0 Å². The molecule has 19 heavy (non-hydrogen) atoms. The molecule has 1 amide bonds. The number of benzene rings is 1. The number of carbonyl (C=O) groups is 1. The standard InChI is InChI=1S/C15H24N2O2/c1-4-5-12-19-14-8-6-13(7-9-14)15(18)17(3)11-10-16-2/h6-9,16H,4-5,10-12H2,1-3H3. The number of likely N-dealkylation sites (N-methyl/N-ethyl adjacent to an activating group) is 2. The lowest BCUT2D eigenvalue weighted by Crippen LogP contribution is -2.32. The molecule has 0 radical (unpaired) electrons. The molecule has 4 heteroatoms. The minimum atomic E-state index is 0.0374. The maximum atomic E-state index is 12.1. The lowest BCUT2D eigenvalue weighted by atomic mass is 10.2. The van der Waals surface area contributed by atoms with E-state index in [1.807, 2.05) is 38.4 Å². The fourth-order valence-electron chi connectivity index (χ4n) is 1.63. The fourth-order valence-corrected chi connectivity index (χ4v) is 1.63. The summed E-state index contributed by atoms with van der Waals surface area (Å²) < 4.78 is 5.57. The van der Waals surface area contributed by atoms with Crippen LogP contribution in [0.5, 0.6) is 5.75 Å². The van der Waals surface area contributed by atoms with Gasteiger partial charge in [0, 0.05) is 25.7 Å². The molecule has 0 aliphatic carbocycles. The number of nitrogens with one attached hydrogen (secondary N) is 1. The molecule has 4 nitrogen and oxygen atoms in total. The molecule has 1 aromatic rings. The van der Waals surface area contributed by atoms with Crippen molar-refractivity contribution < 1.29 is 9.53 Å². The summed E-state index contributed by atoms with van der Waals surface area (Å²) in [4.78, 5) is 13.8. The lowest BCUT2D eigenvalue weighted by molar-refractivity contribution is 0.0797. The Labute approximate surface area is 115 Å². The molecule has 0 aliphatic rings. The second-order valence-electron chi connectivity index (χ2n) is 4.56. The summed E-state index contributed by atoms with van der Waals surface area (Å²) in [6.45, 7) is 4.35. The highest BCUT2D eigenvalue weighted by Gasteiger charge is 2.10. The van der Waals surface area contributed by atoms with Crippen molar-refractivity contribution in [2.75, 3.05) is 33.8 Å². The van der Waals surface area contributed by atoms with Gasteiger partial charge in [0.05, 0.1) is 6.61 Å². The molecule has 106 valence electrons. The van der Waals surface area contributed by atoms with Crippen LogP contribution in [0.4, 0.5) is 0 Å². The molecule has 0 atom stereocenters. The topological polar surface area (TPSA) is 41.6 Å². The zero-order valence-electron chi connectivity index (χ0n) is 12.1. The number of carbonyl (C=O) groups excluding carboxylic acids is 1. The van der Waals surface area contributed by atoms with E-state index in [4.69, 9.17) is 4.74 Å². The Balaban J connectivity index is 2.52. The predicted molar refractivity (Wildman–Crippen MR) is 77.7 cm³/mol. The van der Waals surface area contributed by atoms with Crippen molar-refractivity contribution in [2.45, 2.75) is 19.8 Å². The number of nitrogens with zero attached hydrogens (tertiary/aromatic N) is 1. The van der Waals surface area contributed by atoms with E-state index in [2.05, 4.69) is 12.2 Å². The van der Waals surface area contributed by atoms with Crippen LogP contribution >= 0.6 is 0 Å². The van der Waals surface area contributed by atoms with Crippen LogP contribution in [0.3, 0.4) is 0 Å². The monoisotopic (exact) mass is 264 g/mol. The van der Waals surface area contributed by atoms with E-state index >= 15 is 0 Å². The van der Waals surface area contributed by atoms with Gasteiger partial charge in [0.25, 0.3) is 5.91 Å². The summed E-state index contributed by atoms with van der Waals surface area (Å²) >= 11 is 0. The quantitative estimate of drug-likeness (QED) is 0.732. The average molecular weight is 264 g/mol. The van der Waals surface area contributed by atoms with Gasteiger partial charge in [-0.15, -0.1) is 0 Å². The molecule has 1 rings (SSSR count). The first kappa shape index (κ1) is 15.5. The first-order chi connectivity index (χ1) is 9.19.